The first kappa shape index (κ1) is 15.1. The number of rotatable bonds is 6. The second-order valence-corrected chi connectivity index (χ2v) is 6.91. The van der Waals surface area contributed by atoms with Crippen molar-refractivity contribution >= 4 is 11.7 Å². The molecule has 24 heavy (non-hydrogen) atoms. The molecule has 0 aromatic heterocycles. The van der Waals surface area contributed by atoms with Gasteiger partial charge in [-0.15, -0.1) is 0 Å². The lowest BCUT2D eigenvalue weighted by atomic mass is 9.97. The summed E-state index contributed by atoms with van der Waals surface area (Å²) in [6.07, 6.45) is 4.86. The number of carbonyl (C=O) groups is 2. The molecule has 2 aliphatic rings. The Labute approximate surface area is 142 Å². The molecule has 0 radical (unpaired) electrons. The molecule has 2 aromatic carbocycles. The van der Waals surface area contributed by atoms with E-state index in [9.17, 15) is 9.59 Å². The molecular weight excluding hydrogens is 298 g/mol. The Kier molecular flexibility index (Phi) is 3.93. The maximum absolute atomic E-state index is 12.8. The highest BCUT2D eigenvalue weighted by atomic mass is 16.2. The molecule has 4 rings (SSSR count). The summed E-state index contributed by atoms with van der Waals surface area (Å²) in [5.74, 6) is 1.06. The van der Waals surface area contributed by atoms with E-state index in [2.05, 4.69) is 5.32 Å². The van der Waals surface area contributed by atoms with Crippen LogP contribution >= 0.6 is 0 Å². The Morgan fingerprint density at radius 2 is 1.33 bits per heavy atom. The van der Waals surface area contributed by atoms with Crippen LogP contribution < -0.4 is 5.32 Å². The normalized spacial score (nSPS) is 16.9. The molecule has 0 bridgehead atoms. The van der Waals surface area contributed by atoms with Crippen molar-refractivity contribution in [3.63, 3.8) is 0 Å². The van der Waals surface area contributed by atoms with E-state index in [1.807, 2.05) is 30.3 Å². The minimum absolute atomic E-state index is 0.101. The third-order valence-electron chi connectivity index (χ3n) is 5.01. The zero-order valence-corrected chi connectivity index (χ0v) is 13.6. The Hall–Kier alpha value is -2.42. The van der Waals surface area contributed by atoms with E-state index in [-0.39, 0.29) is 17.7 Å². The smallest absolute Gasteiger partial charge is 0.252 e. The molecule has 2 fully saturated rings. The quantitative estimate of drug-likeness (QED) is 0.822. The summed E-state index contributed by atoms with van der Waals surface area (Å²) >= 11 is 0. The number of hydrogen-bond donors (Lipinski definition) is 1. The van der Waals surface area contributed by atoms with Gasteiger partial charge in [-0.3, -0.25) is 9.59 Å². The number of nitrogens with one attached hydrogen (secondary N) is 1. The maximum Gasteiger partial charge on any atom is 0.252 e. The average Bonchev–Trinajstić information content (AvgIpc) is 3.52. The summed E-state index contributed by atoms with van der Waals surface area (Å²) in [4.78, 5) is 25.6. The van der Waals surface area contributed by atoms with Gasteiger partial charge >= 0.3 is 0 Å². The molecule has 2 aliphatic carbocycles. The third-order valence-corrected chi connectivity index (χ3v) is 5.01. The van der Waals surface area contributed by atoms with Crippen LogP contribution in [-0.4, -0.2) is 17.7 Å². The number of hydrogen-bond acceptors (Lipinski definition) is 2. The zero-order chi connectivity index (χ0) is 16.5. The van der Waals surface area contributed by atoms with Crippen LogP contribution in [0.5, 0.6) is 0 Å². The highest BCUT2D eigenvalue weighted by molar-refractivity contribution is 6.15. The first-order chi connectivity index (χ1) is 11.7. The summed E-state index contributed by atoms with van der Waals surface area (Å²) in [5, 5.41) is 3.21. The van der Waals surface area contributed by atoms with Crippen molar-refractivity contribution in [3.8, 4) is 0 Å². The SMILES string of the molecule is O=C(NC(C1CC1)C1CC1)c1ccccc1C(=O)c1ccccc1. The van der Waals surface area contributed by atoms with Crippen LogP contribution in [0.25, 0.3) is 0 Å². The summed E-state index contributed by atoms with van der Waals surface area (Å²) in [6, 6.07) is 16.5. The summed E-state index contributed by atoms with van der Waals surface area (Å²) in [5.41, 5.74) is 1.57. The standard InChI is InChI=1S/C21H21NO2/c23-20(16-6-2-1-3-7-16)17-8-4-5-9-18(17)21(24)22-19(14-10-11-14)15-12-13-15/h1-9,14-15,19H,10-13H2,(H,22,24). The fourth-order valence-corrected chi connectivity index (χ4v) is 3.38. The second kappa shape index (κ2) is 6.23. The van der Waals surface area contributed by atoms with E-state index < -0.39 is 0 Å². The molecule has 0 unspecified atom stereocenters. The Balaban J connectivity index is 1.59. The molecule has 3 heteroatoms. The van der Waals surface area contributed by atoms with Gasteiger partial charge in [-0.05, 0) is 43.6 Å². The molecule has 0 atom stereocenters. The summed E-state index contributed by atoms with van der Waals surface area (Å²) in [6.45, 7) is 0. The van der Waals surface area contributed by atoms with Crippen molar-refractivity contribution in [2.24, 2.45) is 11.8 Å². The highest BCUT2D eigenvalue weighted by Crippen LogP contribution is 2.44. The molecule has 0 saturated heterocycles. The van der Waals surface area contributed by atoms with Crippen LogP contribution in [0.3, 0.4) is 0 Å². The van der Waals surface area contributed by atoms with Gasteiger partial charge in [0, 0.05) is 17.2 Å². The van der Waals surface area contributed by atoms with Crippen LogP contribution in [0, 0.1) is 11.8 Å². The highest BCUT2D eigenvalue weighted by Gasteiger charge is 2.42. The van der Waals surface area contributed by atoms with Gasteiger partial charge < -0.3 is 5.32 Å². The average molecular weight is 319 g/mol. The minimum Gasteiger partial charge on any atom is -0.349 e. The van der Waals surface area contributed by atoms with Crippen LogP contribution in [0.1, 0.15) is 52.0 Å². The molecule has 2 aromatic rings. The molecular formula is C21H21NO2. The minimum atomic E-state index is -0.112. The third kappa shape index (κ3) is 3.12. The largest absolute Gasteiger partial charge is 0.349 e. The van der Waals surface area contributed by atoms with Gasteiger partial charge in [0.1, 0.15) is 0 Å². The Bertz CT molecular complexity index is 748. The molecule has 122 valence electrons. The van der Waals surface area contributed by atoms with Gasteiger partial charge in [0.2, 0.25) is 0 Å². The number of carbonyl (C=O) groups excluding carboxylic acids is 2. The van der Waals surface area contributed by atoms with Gasteiger partial charge in [-0.1, -0.05) is 48.5 Å². The lowest BCUT2D eigenvalue weighted by Gasteiger charge is -2.18. The molecule has 3 nitrogen and oxygen atoms in total. The van der Waals surface area contributed by atoms with Crippen LogP contribution in [0.2, 0.25) is 0 Å². The van der Waals surface area contributed by atoms with Gasteiger partial charge in [0.15, 0.2) is 5.78 Å². The first-order valence-corrected chi connectivity index (χ1v) is 8.73. The molecule has 2 saturated carbocycles. The van der Waals surface area contributed by atoms with E-state index in [1.165, 1.54) is 25.7 Å². The van der Waals surface area contributed by atoms with Gasteiger partial charge in [0.05, 0.1) is 5.56 Å². The Morgan fingerprint density at radius 3 is 1.92 bits per heavy atom. The van der Waals surface area contributed by atoms with Crippen molar-refractivity contribution in [2.75, 3.05) is 0 Å². The van der Waals surface area contributed by atoms with Crippen LogP contribution in [0.15, 0.2) is 54.6 Å². The predicted octanol–water partition coefficient (Wildman–Crippen LogP) is 3.84. The van der Waals surface area contributed by atoms with Crippen LogP contribution in [-0.2, 0) is 0 Å². The van der Waals surface area contributed by atoms with E-state index in [1.54, 1.807) is 24.3 Å². The fraction of sp³-hybridized carbons (Fsp3) is 0.333. The number of benzene rings is 2. The lowest BCUT2D eigenvalue weighted by Crippen LogP contribution is -2.38. The van der Waals surface area contributed by atoms with Gasteiger partial charge in [-0.25, -0.2) is 0 Å². The van der Waals surface area contributed by atoms with Crippen molar-refractivity contribution in [3.05, 3.63) is 71.3 Å². The predicted molar refractivity (Wildman–Crippen MR) is 93.0 cm³/mol. The van der Waals surface area contributed by atoms with Crippen molar-refractivity contribution < 1.29 is 9.59 Å². The van der Waals surface area contributed by atoms with Gasteiger partial charge in [0.25, 0.3) is 5.91 Å². The van der Waals surface area contributed by atoms with E-state index >= 15 is 0 Å². The maximum atomic E-state index is 12.8. The number of amides is 1. The van der Waals surface area contributed by atoms with Crippen molar-refractivity contribution in [1.82, 2.24) is 5.32 Å². The summed E-state index contributed by atoms with van der Waals surface area (Å²) in [7, 11) is 0. The fourth-order valence-electron chi connectivity index (χ4n) is 3.38. The zero-order valence-electron chi connectivity index (χ0n) is 13.6. The Morgan fingerprint density at radius 1 is 0.792 bits per heavy atom. The van der Waals surface area contributed by atoms with Crippen molar-refractivity contribution in [2.45, 2.75) is 31.7 Å². The molecule has 1 amide bonds. The topological polar surface area (TPSA) is 46.2 Å². The number of ketones is 1. The lowest BCUT2D eigenvalue weighted by molar-refractivity contribution is 0.0917. The van der Waals surface area contributed by atoms with Crippen LogP contribution in [0.4, 0.5) is 0 Å². The second-order valence-electron chi connectivity index (χ2n) is 6.91. The molecule has 1 N–H and O–H groups in total. The summed E-state index contributed by atoms with van der Waals surface area (Å²) < 4.78 is 0. The molecule has 0 heterocycles. The van der Waals surface area contributed by atoms with E-state index in [0.717, 1.165) is 0 Å². The molecule has 0 aliphatic heterocycles. The van der Waals surface area contributed by atoms with E-state index in [0.29, 0.717) is 28.5 Å². The molecule has 0 spiro atoms. The van der Waals surface area contributed by atoms with E-state index in [4.69, 9.17) is 0 Å². The van der Waals surface area contributed by atoms with Crippen molar-refractivity contribution in [1.29, 1.82) is 0 Å². The monoisotopic (exact) mass is 319 g/mol. The van der Waals surface area contributed by atoms with Gasteiger partial charge in [-0.2, -0.15) is 0 Å². The first-order valence-electron chi connectivity index (χ1n) is 8.73.